The number of hydrogen-bond acceptors (Lipinski definition) is 11. The number of nitrogens with zero attached hydrogens (tertiary/aromatic N) is 1. The van der Waals surface area contributed by atoms with Crippen LogP contribution in [0.15, 0.2) is 30.3 Å². The van der Waals surface area contributed by atoms with Crippen molar-refractivity contribution in [2.24, 2.45) is 5.92 Å². The molecule has 0 radical (unpaired) electrons. The number of esters is 1. The summed E-state index contributed by atoms with van der Waals surface area (Å²) in [6.45, 7) is 5.12. The van der Waals surface area contributed by atoms with Crippen LogP contribution in [-0.4, -0.2) is 88.3 Å². The SMILES string of the molecule is COC(=O)NS(=O)(=O)O[C@H](C)[C@H](NC(=O)[C@@H]1CCCN1C(=O)[C@H](CC(C)C)NC(=O)OCc1ccccc1)C(=O)OC. The van der Waals surface area contributed by atoms with Gasteiger partial charge in [0.05, 0.1) is 14.2 Å². The molecular weight excluding hydrogens is 576 g/mol. The largest absolute Gasteiger partial charge is 0.467 e. The molecule has 2 rings (SSSR count). The summed E-state index contributed by atoms with van der Waals surface area (Å²) in [4.78, 5) is 64.4. The third-order valence-electron chi connectivity index (χ3n) is 6.24. The molecule has 15 nitrogen and oxygen atoms in total. The van der Waals surface area contributed by atoms with Crippen molar-refractivity contribution in [3.8, 4) is 0 Å². The first kappa shape index (κ1) is 34.3. The number of hydrogen-bond donors (Lipinski definition) is 3. The number of methoxy groups -OCH3 is 2. The van der Waals surface area contributed by atoms with E-state index in [9.17, 15) is 32.4 Å². The van der Waals surface area contributed by atoms with Crippen molar-refractivity contribution in [3.63, 3.8) is 0 Å². The summed E-state index contributed by atoms with van der Waals surface area (Å²) in [7, 11) is -2.75. The molecule has 234 valence electrons. The molecule has 1 fully saturated rings. The summed E-state index contributed by atoms with van der Waals surface area (Å²) in [5.41, 5.74) is 0.767. The second-order valence-corrected chi connectivity index (χ2v) is 11.2. The average molecular weight is 615 g/mol. The van der Waals surface area contributed by atoms with Gasteiger partial charge in [-0.1, -0.05) is 44.2 Å². The number of likely N-dealkylation sites (tertiary alicyclic amines) is 1. The Balaban J connectivity index is 2.13. The number of nitrogens with one attached hydrogen (secondary N) is 3. The van der Waals surface area contributed by atoms with E-state index in [2.05, 4.69) is 20.1 Å². The van der Waals surface area contributed by atoms with Gasteiger partial charge in [-0.05, 0) is 37.7 Å². The summed E-state index contributed by atoms with van der Waals surface area (Å²) in [6.07, 6.45) is -2.67. The Morgan fingerprint density at radius 2 is 1.64 bits per heavy atom. The van der Waals surface area contributed by atoms with E-state index >= 15 is 0 Å². The fourth-order valence-electron chi connectivity index (χ4n) is 4.27. The van der Waals surface area contributed by atoms with Crippen LogP contribution in [0.1, 0.15) is 45.6 Å². The van der Waals surface area contributed by atoms with E-state index in [-0.39, 0.29) is 31.9 Å². The predicted octanol–water partition coefficient (Wildman–Crippen LogP) is 0.982. The van der Waals surface area contributed by atoms with E-state index in [0.29, 0.717) is 6.42 Å². The number of benzene rings is 1. The molecule has 0 bridgehead atoms. The van der Waals surface area contributed by atoms with Gasteiger partial charge in [0.25, 0.3) is 0 Å². The minimum Gasteiger partial charge on any atom is -0.467 e. The molecule has 1 heterocycles. The lowest BCUT2D eigenvalue weighted by molar-refractivity contribution is -0.148. The Hall–Kier alpha value is -3.92. The lowest BCUT2D eigenvalue weighted by Crippen LogP contribution is -2.57. The molecule has 1 aromatic carbocycles. The molecule has 1 aromatic rings. The van der Waals surface area contributed by atoms with Gasteiger partial charge >= 0.3 is 28.5 Å². The number of amides is 4. The summed E-state index contributed by atoms with van der Waals surface area (Å²) >= 11 is 0. The van der Waals surface area contributed by atoms with Crippen molar-refractivity contribution < 1.29 is 50.8 Å². The molecule has 42 heavy (non-hydrogen) atoms. The van der Waals surface area contributed by atoms with Crippen LogP contribution in [0.3, 0.4) is 0 Å². The number of carbonyl (C=O) groups is 5. The third-order valence-corrected chi connectivity index (χ3v) is 7.22. The van der Waals surface area contributed by atoms with Gasteiger partial charge in [0.2, 0.25) is 11.8 Å². The minimum atomic E-state index is -4.72. The fraction of sp³-hybridized carbons (Fsp3) is 0.577. The topological polar surface area (TPSA) is 196 Å². The van der Waals surface area contributed by atoms with E-state index in [1.54, 1.807) is 24.3 Å². The van der Waals surface area contributed by atoms with Crippen LogP contribution in [0, 0.1) is 5.92 Å². The Kier molecular flexibility index (Phi) is 13.0. The maximum atomic E-state index is 13.6. The number of carbonyl (C=O) groups excluding carboxylic acids is 5. The number of alkyl carbamates (subject to hydrolysis) is 1. The fourth-order valence-corrected chi connectivity index (χ4v) is 5.12. The Morgan fingerprint density at radius 1 is 0.976 bits per heavy atom. The standard InChI is InChI=1S/C26H38N4O11S/c1-16(2)14-19(27-25(34)40-15-18-10-7-6-8-11-18)23(32)30-13-9-12-20(30)22(31)28-21(24(33)38-4)17(3)41-42(36,37)29-26(35)39-5/h6-8,10-11,16-17,19-21H,9,12-15H2,1-5H3,(H,27,34)(H,28,31)(H,29,35)/t17-,19+,20+,21+/m1/s1. The molecule has 4 amide bonds. The zero-order chi connectivity index (χ0) is 31.4. The minimum absolute atomic E-state index is 0.00402. The molecule has 1 aliphatic heterocycles. The second kappa shape index (κ2) is 15.9. The second-order valence-electron chi connectivity index (χ2n) is 9.94. The smallest absolute Gasteiger partial charge is 0.422 e. The van der Waals surface area contributed by atoms with Crippen molar-refractivity contribution in [2.45, 2.75) is 70.9 Å². The van der Waals surface area contributed by atoms with Gasteiger partial charge in [-0.2, -0.15) is 13.1 Å². The first-order valence-corrected chi connectivity index (χ1v) is 14.6. The summed E-state index contributed by atoms with van der Waals surface area (Å²) < 4.78 is 44.6. The molecule has 4 atom stereocenters. The van der Waals surface area contributed by atoms with Crippen LogP contribution >= 0.6 is 0 Å². The quantitative estimate of drug-likeness (QED) is 0.212. The van der Waals surface area contributed by atoms with Crippen LogP contribution in [0.4, 0.5) is 9.59 Å². The summed E-state index contributed by atoms with van der Waals surface area (Å²) in [6, 6.07) is 5.37. The highest BCUT2D eigenvalue weighted by Crippen LogP contribution is 2.21. The highest BCUT2D eigenvalue weighted by molar-refractivity contribution is 7.85. The zero-order valence-corrected chi connectivity index (χ0v) is 25.0. The molecule has 16 heteroatoms. The van der Waals surface area contributed by atoms with Gasteiger partial charge in [0.1, 0.15) is 24.8 Å². The molecule has 0 spiro atoms. The first-order chi connectivity index (χ1) is 19.8. The summed E-state index contributed by atoms with van der Waals surface area (Å²) in [5.74, 6) is -2.30. The summed E-state index contributed by atoms with van der Waals surface area (Å²) in [5, 5.41) is 4.99. The number of rotatable bonds is 13. The van der Waals surface area contributed by atoms with Gasteiger partial charge in [-0.15, -0.1) is 0 Å². The molecular formula is C26H38N4O11S. The third kappa shape index (κ3) is 10.5. The van der Waals surface area contributed by atoms with Crippen LogP contribution in [0.5, 0.6) is 0 Å². The van der Waals surface area contributed by atoms with Gasteiger partial charge in [0.15, 0.2) is 6.04 Å². The lowest BCUT2D eigenvalue weighted by Gasteiger charge is -2.30. The maximum absolute atomic E-state index is 13.6. The molecule has 0 unspecified atom stereocenters. The first-order valence-electron chi connectivity index (χ1n) is 13.2. The molecule has 3 N–H and O–H groups in total. The lowest BCUT2D eigenvalue weighted by atomic mass is 10.0. The highest BCUT2D eigenvalue weighted by atomic mass is 32.2. The van der Waals surface area contributed by atoms with Crippen LogP contribution in [0.2, 0.25) is 0 Å². The van der Waals surface area contributed by atoms with Crippen molar-refractivity contribution in [3.05, 3.63) is 35.9 Å². The van der Waals surface area contributed by atoms with Gasteiger partial charge in [0, 0.05) is 6.54 Å². The van der Waals surface area contributed by atoms with Crippen LogP contribution in [-0.2, 0) is 49.7 Å². The van der Waals surface area contributed by atoms with E-state index in [1.807, 2.05) is 19.9 Å². The van der Waals surface area contributed by atoms with Crippen LogP contribution < -0.4 is 15.4 Å². The Bertz CT molecular complexity index is 1210. The predicted molar refractivity (Wildman–Crippen MR) is 147 cm³/mol. The van der Waals surface area contributed by atoms with E-state index in [1.165, 1.54) is 16.5 Å². The van der Waals surface area contributed by atoms with E-state index in [0.717, 1.165) is 19.8 Å². The maximum Gasteiger partial charge on any atom is 0.422 e. The van der Waals surface area contributed by atoms with Gasteiger partial charge in [-0.3, -0.25) is 9.59 Å². The highest BCUT2D eigenvalue weighted by Gasteiger charge is 2.41. The van der Waals surface area contributed by atoms with E-state index in [4.69, 9.17) is 8.92 Å². The van der Waals surface area contributed by atoms with Crippen LogP contribution in [0.25, 0.3) is 0 Å². The van der Waals surface area contributed by atoms with E-state index < -0.39 is 64.5 Å². The monoisotopic (exact) mass is 614 g/mol. The zero-order valence-electron chi connectivity index (χ0n) is 24.2. The van der Waals surface area contributed by atoms with Crippen molar-refractivity contribution in [2.75, 3.05) is 20.8 Å². The van der Waals surface area contributed by atoms with Crippen molar-refractivity contribution in [1.29, 1.82) is 0 Å². The van der Waals surface area contributed by atoms with Gasteiger partial charge in [-0.25, -0.2) is 18.6 Å². The molecule has 0 aliphatic carbocycles. The molecule has 1 saturated heterocycles. The van der Waals surface area contributed by atoms with Crippen molar-refractivity contribution >= 4 is 40.3 Å². The van der Waals surface area contributed by atoms with Crippen molar-refractivity contribution in [1.82, 2.24) is 20.3 Å². The Morgan fingerprint density at radius 3 is 2.24 bits per heavy atom. The molecule has 0 saturated carbocycles. The number of ether oxygens (including phenoxy) is 3. The average Bonchev–Trinajstić information content (AvgIpc) is 3.43. The Labute approximate surface area is 244 Å². The molecule has 0 aromatic heterocycles. The van der Waals surface area contributed by atoms with Gasteiger partial charge < -0.3 is 29.7 Å². The molecule has 1 aliphatic rings. The normalized spacial score (nSPS) is 17.0.